The van der Waals surface area contributed by atoms with Crippen molar-refractivity contribution < 1.29 is 13.9 Å². The molecule has 0 saturated heterocycles. The van der Waals surface area contributed by atoms with E-state index in [9.17, 15) is 9.18 Å². The van der Waals surface area contributed by atoms with Gasteiger partial charge in [0, 0.05) is 10.7 Å². The van der Waals surface area contributed by atoms with Crippen molar-refractivity contribution in [3.8, 4) is 0 Å². The van der Waals surface area contributed by atoms with Crippen molar-refractivity contribution >= 4 is 34.8 Å². The molecule has 1 N–H and O–H groups in total. The molecule has 138 valence electrons. The monoisotopic (exact) mass is 384 g/mol. The Labute approximate surface area is 162 Å². The third-order valence-corrected chi connectivity index (χ3v) is 4.19. The van der Waals surface area contributed by atoms with Crippen molar-refractivity contribution in [1.29, 1.82) is 0 Å². The Balaban J connectivity index is 1.98. The number of hydrogen-bond acceptors (Lipinski definition) is 3. The van der Waals surface area contributed by atoms with Crippen molar-refractivity contribution in [2.24, 2.45) is 0 Å². The van der Waals surface area contributed by atoms with Gasteiger partial charge in [0.25, 0.3) is 0 Å². The van der Waals surface area contributed by atoms with Gasteiger partial charge >= 0.3 is 6.09 Å². The van der Waals surface area contributed by atoms with Crippen LogP contribution in [0.2, 0.25) is 5.02 Å². The zero-order chi connectivity index (χ0) is 19.2. The quantitative estimate of drug-likeness (QED) is 0.587. The first kappa shape index (κ1) is 18.7. The summed E-state index contributed by atoms with van der Waals surface area (Å²) in [6.45, 7) is 0.327. The van der Waals surface area contributed by atoms with Gasteiger partial charge in [0.1, 0.15) is 5.82 Å². The maximum atomic E-state index is 13.2. The van der Waals surface area contributed by atoms with Gasteiger partial charge in [0.2, 0.25) is 0 Å². The summed E-state index contributed by atoms with van der Waals surface area (Å²) in [4.78, 5) is 14.0. The van der Waals surface area contributed by atoms with E-state index in [2.05, 4.69) is 5.32 Å². The van der Waals surface area contributed by atoms with Gasteiger partial charge in [0.05, 0.1) is 25.0 Å². The largest absolute Gasteiger partial charge is 0.452 e. The standard InChI is InChI=1S/C21H18ClFN2O2/c1-27-21(26)25(14-15-5-3-2-4-6-15)20-12-7-16(22)13-19(20)24-18-10-8-17(23)9-11-18/h2-13,24H,14H2,1H3. The molecule has 1 amide bonds. The van der Waals surface area contributed by atoms with E-state index < -0.39 is 6.09 Å². The van der Waals surface area contributed by atoms with Crippen LogP contribution in [0.15, 0.2) is 72.8 Å². The molecular weight excluding hydrogens is 367 g/mol. The predicted molar refractivity (Wildman–Crippen MR) is 106 cm³/mol. The summed E-state index contributed by atoms with van der Waals surface area (Å²) >= 11 is 6.15. The third kappa shape index (κ3) is 4.77. The maximum Gasteiger partial charge on any atom is 0.414 e. The normalized spacial score (nSPS) is 10.3. The Morgan fingerprint density at radius 3 is 2.44 bits per heavy atom. The van der Waals surface area contributed by atoms with Crippen molar-refractivity contribution in [2.45, 2.75) is 6.54 Å². The molecule has 4 nitrogen and oxygen atoms in total. The molecule has 6 heteroatoms. The van der Waals surface area contributed by atoms with Crippen LogP contribution in [0.3, 0.4) is 0 Å². The third-order valence-electron chi connectivity index (χ3n) is 3.95. The minimum absolute atomic E-state index is 0.327. The van der Waals surface area contributed by atoms with Crippen LogP contribution in [0.25, 0.3) is 0 Å². The molecular formula is C21H18ClFN2O2. The van der Waals surface area contributed by atoms with Crippen LogP contribution in [0, 0.1) is 5.82 Å². The number of methoxy groups -OCH3 is 1. The average Bonchev–Trinajstić information content (AvgIpc) is 2.69. The minimum Gasteiger partial charge on any atom is -0.452 e. The second kappa shape index (κ2) is 8.56. The van der Waals surface area contributed by atoms with E-state index in [0.717, 1.165) is 5.56 Å². The lowest BCUT2D eigenvalue weighted by Crippen LogP contribution is -2.30. The molecule has 0 spiro atoms. The zero-order valence-electron chi connectivity index (χ0n) is 14.7. The fraction of sp³-hybridized carbons (Fsp3) is 0.0952. The first-order chi connectivity index (χ1) is 13.1. The van der Waals surface area contributed by atoms with Crippen molar-refractivity contribution in [2.75, 3.05) is 17.3 Å². The minimum atomic E-state index is -0.497. The summed E-state index contributed by atoms with van der Waals surface area (Å²) < 4.78 is 18.1. The molecule has 0 radical (unpaired) electrons. The van der Waals surface area contributed by atoms with Crippen LogP contribution in [0.5, 0.6) is 0 Å². The number of ether oxygens (including phenoxy) is 1. The summed E-state index contributed by atoms with van der Waals surface area (Å²) in [6, 6.07) is 20.7. The summed E-state index contributed by atoms with van der Waals surface area (Å²) in [5, 5.41) is 3.69. The lowest BCUT2D eigenvalue weighted by molar-refractivity contribution is 0.178. The lowest BCUT2D eigenvalue weighted by Gasteiger charge is -2.24. The fourth-order valence-corrected chi connectivity index (χ4v) is 2.83. The zero-order valence-corrected chi connectivity index (χ0v) is 15.4. The van der Waals surface area contributed by atoms with Crippen molar-refractivity contribution in [3.63, 3.8) is 0 Å². The van der Waals surface area contributed by atoms with Gasteiger partial charge in [-0.05, 0) is 48.0 Å². The highest BCUT2D eigenvalue weighted by Crippen LogP contribution is 2.33. The van der Waals surface area contributed by atoms with Crippen LogP contribution in [-0.2, 0) is 11.3 Å². The second-order valence-electron chi connectivity index (χ2n) is 5.84. The van der Waals surface area contributed by atoms with Gasteiger partial charge in [-0.1, -0.05) is 41.9 Å². The number of amides is 1. The Morgan fingerprint density at radius 2 is 1.78 bits per heavy atom. The van der Waals surface area contributed by atoms with E-state index >= 15 is 0 Å². The van der Waals surface area contributed by atoms with E-state index in [4.69, 9.17) is 16.3 Å². The number of carbonyl (C=O) groups is 1. The van der Waals surface area contributed by atoms with Gasteiger partial charge < -0.3 is 10.1 Å². The molecule has 3 rings (SSSR count). The Kier molecular flexibility index (Phi) is 5.94. The summed E-state index contributed by atoms with van der Waals surface area (Å²) in [6.07, 6.45) is -0.497. The highest BCUT2D eigenvalue weighted by molar-refractivity contribution is 6.31. The first-order valence-corrected chi connectivity index (χ1v) is 8.66. The van der Waals surface area contributed by atoms with Crippen molar-refractivity contribution in [1.82, 2.24) is 0 Å². The van der Waals surface area contributed by atoms with Crippen LogP contribution in [0.4, 0.5) is 26.2 Å². The maximum absolute atomic E-state index is 13.2. The molecule has 0 atom stereocenters. The number of hydrogen-bond donors (Lipinski definition) is 1. The van der Waals surface area contributed by atoms with Crippen LogP contribution in [-0.4, -0.2) is 13.2 Å². The summed E-state index contributed by atoms with van der Waals surface area (Å²) in [5.41, 5.74) is 2.82. The van der Waals surface area contributed by atoms with Crippen LogP contribution >= 0.6 is 11.6 Å². The summed E-state index contributed by atoms with van der Waals surface area (Å²) in [7, 11) is 1.34. The van der Waals surface area contributed by atoms with Crippen LogP contribution < -0.4 is 10.2 Å². The first-order valence-electron chi connectivity index (χ1n) is 8.28. The number of halogens is 2. The molecule has 0 fully saturated rings. The molecule has 0 aliphatic carbocycles. The number of nitrogens with one attached hydrogen (secondary N) is 1. The van der Waals surface area contributed by atoms with E-state index in [1.165, 1.54) is 24.1 Å². The second-order valence-corrected chi connectivity index (χ2v) is 6.27. The Morgan fingerprint density at radius 1 is 1.07 bits per heavy atom. The number of benzene rings is 3. The van der Waals surface area contributed by atoms with Crippen LogP contribution in [0.1, 0.15) is 5.56 Å². The SMILES string of the molecule is COC(=O)N(Cc1ccccc1)c1ccc(Cl)cc1Nc1ccc(F)cc1. The molecule has 3 aromatic carbocycles. The number of rotatable bonds is 5. The molecule has 3 aromatic rings. The Hall–Kier alpha value is -3.05. The Bertz CT molecular complexity index is 917. The predicted octanol–water partition coefficient (Wildman–Crippen LogP) is 6.00. The molecule has 0 aliphatic rings. The van der Waals surface area contributed by atoms with Gasteiger partial charge in [-0.15, -0.1) is 0 Å². The highest BCUT2D eigenvalue weighted by Gasteiger charge is 2.20. The van der Waals surface area contributed by atoms with E-state index in [-0.39, 0.29) is 5.82 Å². The highest BCUT2D eigenvalue weighted by atomic mass is 35.5. The number of anilines is 3. The fourth-order valence-electron chi connectivity index (χ4n) is 2.66. The molecule has 0 aromatic heterocycles. The van der Waals surface area contributed by atoms with E-state index in [1.54, 1.807) is 30.3 Å². The lowest BCUT2D eigenvalue weighted by atomic mass is 10.2. The average molecular weight is 385 g/mol. The molecule has 0 unspecified atom stereocenters. The number of carbonyl (C=O) groups excluding carboxylic acids is 1. The molecule has 0 aliphatic heterocycles. The van der Waals surface area contributed by atoms with Gasteiger partial charge in [-0.3, -0.25) is 4.90 Å². The smallest absolute Gasteiger partial charge is 0.414 e. The van der Waals surface area contributed by atoms with E-state index in [0.29, 0.717) is 28.6 Å². The molecule has 27 heavy (non-hydrogen) atoms. The van der Waals surface area contributed by atoms with Gasteiger partial charge in [0.15, 0.2) is 0 Å². The van der Waals surface area contributed by atoms with E-state index in [1.807, 2.05) is 30.3 Å². The number of nitrogens with zero attached hydrogens (tertiary/aromatic N) is 1. The molecule has 0 saturated carbocycles. The molecule has 0 heterocycles. The van der Waals surface area contributed by atoms with Crippen molar-refractivity contribution in [3.05, 3.63) is 89.2 Å². The van der Waals surface area contributed by atoms with Gasteiger partial charge in [-0.25, -0.2) is 9.18 Å². The summed E-state index contributed by atoms with van der Waals surface area (Å²) in [5.74, 6) is -0.327. The topological polar surface area (TPSA) is 41.6 Å². The van der Waals surface area contributed by atoms with Gasteiger partial charge in [-0.2, -0.15) is 0 Å². The molecule has 0 bridgehead atoms.